The summed E-state index contributed by atoms with van der Waals surface area (Å²) in [7, 11) is 1.81. The molecule has 2 atom stereocenters. The Morgan fingerprint density at radius 3 is 2.53 bits per heavy atom. The monoisotopic (exact) mass is 551 g/mol. The Labute approximate surface area is 207 Å². The summed E-state index contributed by atoms with van der Waals surface area (Å²) in [5, 5.41) is 6.97. The topological polar surface area (TPSA) is 92.0 Å². The van der Waals surface area contributed by atoms with E-state index in [9.17, 15) is 4.79 Å². The molecule has 0 spiro atoms. The predicted molar refractivity (Wildman–Crippen MR) is 139 cm³/mol. The Morgan fingerprint density at radius 2 is 1.88 bits per heavy atom. The minimum atomic E-state index is -0.480. The normalized spacial score (nSPS) is 18.6. The van der Waals surface area contributed by atoms with Crippen LogP contribution in [0.4, 0.5) is 0 Å². The molecule has 4 N–H and O–H groups in total. The third-order valence-corrected chi connectivity index (χ3v) is 5.51. The quantitative estimate of drug-likeness (QED) is 0.253. The van der Waals surface area contributed by atoms with Crippen LogP contribution in [-0.4, -0.2) is 55.6 Å². The van der Waals surface area contributed by atoms with Crippen molar-refractivity contribution in [2.24, 2.45) is 10.7 Å². The number of nitrogens with two attached hydrogens (primary N) is 1. The average Bonchev–Trinajstić information content (AvgIpc) is 3.11. The molecule has 0 saturated carbocycles. The molecule has 2 unspecified atom stereocenters. The zero-order valence-corrected chi connectivity index (χ0v) is 21.1. The Kier molecular flexibility index (Phi) is 10.8. The van der Waals surface area contributed by atoms with E-state index in [1.165, 1.54) is 11.1 Å². The van der Waals surface area contributed by atoms with Crippen molar-refractivity contribution in [1.82, 2.24) is 15.5 Å². The number of nitrogens with one attached hydrogen (secondary N) is 2. The number of hydrogen-bond acceptors (Lipinski definition) is 4. The Balaban J connectivity index is 0.00000363. The number of primary amides is 1. The third-order valence-electron chi connectivity index (χ3n) is 5.51. The zero-order valence-electron chi connectivity index (χ0n) is 18.8. The molecule has 2 aromatic rings. The van der Waals surface area contributed by atoms with E-state index >= 15 is 0 Å². The van der Waals surface area contributed by atoms with Crippen molar-refractivity contribution in [3.05, 3.63) is 65.7 Å². The van der Waals surface area contributed by atoms with Gasteiger partial charge in [0.1, 0.15) is 5.75 Å². The van der Waals surface area contributed by atoms with Crippen LogP contribution in [0.25, 0.3) is 0 Å². The smallest absolute Gasteiger partial charge is 0.255 e. The highest BCUT2D eigenvalue weighted by Crippen LogP contribution is 2.20. The Morgan fingerprint density at radius 1 is 1.16 bits per heavy atom. The Hall–Kier alpha value is -2.33. The SMILES string of the molecule is CN=C(NCCc1ccc(OCC(N)=O)cc1)NC1CC(C)N(Cc2ccccc2)C1.I. The highest BCUT2D eigenvalue weighted by Gasteiger charge is 2.29. The minimum Gasteiger partial charge on any atom is -0.484 e. The molecule has 1 amide bonds. The van der Waals surface area contributed by atoms with Crippen molar-refractivity contribution in [2.45, 2.75) is 38.4 Å². The van der Waals surface area contributed by atoms with Crippen molar-refractivity contribution in [1.29, 1.82) is 0 Å². The molecule has 1 aliphatic heterocycles. The number of ether oxygens (including phenoxy) is 1. The standard InChI is InChI=1S/C24H33N5O2.HI/c1-18-14-21(16-29(18)15-20-6-4-3-5-7-20)28-24(26-2)27-13-12-19-8-10-22(11-9-19)31-17-23(25)30;/h3-11,18,21H,12-17H2,1-2H3,(H2,25,30)(H2,26,27,28);1H. The van der Waals surface area contributed by atoms with E-state index in [1.54, 1.807) is 7.05 Å². The van der Waals surface area contributed by atoms with Crippen LogP contribution in [0.1, 0.15) is 24.5 Å². The lowest BCUT2D eigenvalue weighted by Gasteiger charge is -2.21. The van der Waals surface area contributed by atoms with Crippen molar-refractivity contribution in [3.8, 4) is 5.75 Å². The summed E-state index contributed by atoms with van der Waals surface area (Å²) in [6.45, 7) is 4.94. The first-order valence-electron chi connectivity index (χ1n) is 10.8. The number of carbonyl (C=O) groups is 1. The van der Waals surface area contributed by atoms with E-state index in [1.807, 2.05) is 24.3 Å². The van der Waals surface area contributed by atoms with Gasteiger partial charge in [-0.05, 0) is 43.0 Å². The second-order valence-corrected chi connectivity index (χ2v) is 7.99. The summed E-state index contributed by atoms with van der Waals surface area (Å²) in [5.41, 5.74) is 7.62. The molecule has 0 aromatic heterocycles. The van der Waals surface area contributed by atoms with Crippen LogP contribution in [0.15, 0.2) is 59.6 Å². The number of amides is 1. The van der Waals surface area contributed by atoms with Crippen LogP contribution in [-0.2, 0) is 17.8 Å². The molecule has 3 rings (SSSR count). The second-order valence-electron chi connectivity index (χ2n) is 7.99. The fourth-order valence-corrected chi connectivity index (χ4v) is 3.86. The van der Waals surface area contributed by atoms with Gasteiger partial charge in [-0.15, -0.1) is 24.0 Å². The molecule has 0 bridgehead atoms. The maximum Gasteiger partial charge on any atom is 0.255 e. The maximum absolute atomic E-state index is 10.8. The highest BCUT2D eigenvalue weighted by atomic mass is 127. The van der Waals surface area contributed by atoms with Gasteiger partial charge < -0.3 is 21.1 Å². The molecular weight excluding hydrogens is 517 g/mol. The van der Waals surface area contributed by atoms with Crippen LogP contribution in [0.3, 0.4) is 0 Å². The number of rotatable bonds is 9. The summed E-state index contributed by atoms with van der Waals surface area (Å²) >= 11 is 0. The van der Waals surface area contributed by atoms with Crippen LogP contribution >= 0.6 is 24.0 Å². The minimum absolute atomic E-state index is 0. The number of carbonyl (C=O) groups excluding carboxylic acids is 1. The molecule has 1 saturated heterocycles. The molecule has 7 nitrogen and oxygen atoms in total. The van der Waals surface area contributed by atoms with Gasteiger partial charge in [0.2, 0.25) is 0 Å². The third kappa shape index (κ3) is 8.31. The summed E-state index contributed by atoms with van der Waals surface area (Å²) in [4.78, 5) is 17.7. The number of aliphatic imine (C=N–C) groups is 1. The summed E-state index contributed by atoms with van der Waals surface area (Å²) in [6, 6.07) is 19.2. The van der Waals surface area contributed by atoms with Crippen LogP contribution in [0, 0.1) is 0 Å². The van der Waals surface area contributed by atoms with Crippen LogP contribution < -0.4 is 21.1 Å². The number of halogens is 1. The average molecular weight is 551 g/mol. The molecule has 1 fully saturated rings. The molecular formula is C24H34IN5O2. The molecule has 0 radical (unpaired) electrons. The van der Waals surface area contributed by atoms with E-state index in [0.717, 1.165) is 38.4 Å². The van der Waals surface area contributed by atoms with Gasteiger partial charge >= 0.3 is 0 Å². The van der Waals surface area contributed by atoms with Gasteiger partial charge in [0.15, 0.2) is 12.6 Å². The van der Waals surface area contributed by atoms with Crippen molar-refractivity contribution in [2.75, 3.05) is 26.7 Å². The second kappa shape index (κ2) is 13.3. The lowest BCUT2D eigenvalue weighted by Crippen LogP contribution is -2.45. The summed E-state index contributed by atoms with van der Waals surface area (Å²) in [5.74, 6) is 0.996. The fourth-order valence-electron chi connectivity index (χ4n) is 3.86. The predicted octanol–water partition coefficient (Wildman–Crippen LogP) is 2.54. The largest absolute Gasteiger partial charge is 0.484 e. The van der Waals surface area contributed by atoms with E-state index in [2.05, 4.69) is 57.8 Å². The first-order valence-corrected chi connectivity index (χ1v) is 10.8. The van der Waals surface area contributed by atoms with E-state index in [0.29, 0.717) is 17.8 Å². The maximum atomic E-state index is 10.8. The van der Waals surface area contributed by atoms with Gasteiger partial charge in [0.25, 0.3) is 5.91 Å². The number of hydrogen-bond donors (Lipinski definition) is 3. The number of benzene rings is 2. The fraction of sp³-hybridized carbons (Fsp3) is 0.417. The van der Waals surface area contributed by atoms with Gasteiger partial charge in [-0.2, -0.15) is 0 Å². The summed E-state index contributed by atoms with van der Waals surface area (Å²) < 4.78 is 5.29. The number of nitrogens with zero attached hydrogens (tertiary/aromatic N) is 2. The molecule has 174 valence electrons. The van der Waals surface area contributed by atoms with Gasteiger partial charge in [-0.3, -0.25) is 14.7 Å². The molecule has 1 heterocycles. The lowest BCUT2D eigenvalue weighted by atomic mass is 10.1. The van der Waals surface area contributed by atoms with Crippen molar-refractivity contribution in [3.63, 3.8) is 0 Å². The summed E-state index contributed by atoms with van der Waals surface area (Å²) in [6.07, 6.45) is 1.96. The van der Waals surface area contributed by atoms with Gasteiger partial charge in [-0.25, -0.2) is 0 Å². The van der Waals surface area contributed by atoms with Gasteiger partial charge in [0.05, 0.1) is 0 Å². The van der Waals surface area contributed by atoms with E-state index in [-0.39, 0.29) is 30.6 Å². The molecule has 8 heteroatoms. The zero-order chi connectivity index (χ0) is 22.1. The first-order chi connectivity index (χ1) is 15.0. The molecule has 32 heavy (non-hydrogen) atoms. The van der Waals surface area contributed by atoms with Crippen molar-refractivity contribution >= 4 is 35.8 Å². The first kappa shape index (κ1) is 25.9. The van der Waals surface area contributed by atoms with E-state index < -0.39 is 5.91 Å². The van der Waals surface area contributed by atoms with Gasteiger partial charge in [-0.1, -0.05) is 42.5 Å². The lowest BCUT2D eigenvalue weighted by molar-refractivity contribution is -0.119. The van der Waals surface area contributed by atoms with E-state index in [4.69, 9.17) is 10.5 Å². The highest BCUT2D eigenvalue weighted by molar-refractivity contribution is 14.0. The molecule has 0 aliphatic carbocycles. The Bertz CT molecular complexity index is 860. The van der Waals surface area contributed by atoms with Crippen LogP contribution in [0.5, 0.6) is 5.75 Å². The van der Waals surface area contributed by atoms with Crippen molar-refractivity contribution < 1.29 is 9.53 Å². The number of guanidine groups is 1. The molecule has 2 aromatic carbocycles. The van der Waals surface area contributed by atoms with Crippen LogP contribution in [0.2, 0.25) is 0 Å². The number of likely N-dealkylation sites (tertiary alicyclic amines) is 1. The molecule has 1 aliphatic rings. The van der Waals surface area contributed by atoms with Gasteiger partial charge in [0, 0.05) is 38.8 Å².